The number of hydrogen-bond donors (Lipinski definition) is 1. The maximum atomic E-state index is 12.4. The number of sulfonamides is 1. The van der Waals surface area contributed by atoms with Crippen LogP contribution in [-0.4, -0.2) is 13.4 Å². The highest BCUT2D eigenvalue weighted by Crippen LogP contribution is 2.30. The van der Waals surface area contributed by atoms with Crippen molar-refractivity contribution >= 4 is 48.5 Å². The molecule has 0 radical (unpaired) electrons. The van der Waals surface area contributed by atoms with Gasteiger partial charge < -0.3 is 0 Å². The van der Waals surface area contributed by atoms with E-state index in [1.807, 2.05) is 0 Å². The Balaban J connectivity index is 3.50. The van der Waals surface area contributed by atoms with Gasteiger partial charge in [-0.15, -0.1) is 0 Å². The average Bonchev–Trinajstić information content (AvgIpc) is 2.06. The van der Waals surface area contributed by atoms with Crippen LogP contribution in [0.3, 0.4) is 0 Å². The van der Waals surface area contributed by atoms with Crippen LogP contribution in [0.25, 0.3) is 0 Å². The second-order valence-corrected chi connectivity index (χ2v) is 5.95. The van der Waals surface area contributed by atoms with Crippen molar-refractivity contribution in [3.8, 4) is 0 Å². The molecule has 1 aromatic heterocycles. The molecule has 1 heterocycles. The molecule has 4 nitrogen and oxygen atoms in total. The van der Waals surface area contributed by atoms with Gasteiger partial charge in [0.2, 0.25) is 0 Å². The van der Waals surface area contributed by atoms with Crippen LogP contribution in [-0.2, 0) is 10.0 Å². The molecule has 9 heteroatoms. The molecule has 2 N–H and O–H groups in total. The summed E-state index contributed by atoms with van der Waals surface area (Å²) in [4.78, 5) is 3.29. The second kappa shape index (κ2) is 4.55. The summed E-state index contributed by atoms with van der Waals surface area (Å²) in [5, 5.41) is 4.23. The molecule has 0 saturated heterocycles. The zero-order valence-electron chi connectivity index (χ0n) is 6.92. The lowest BCUT2D eigenvalue weighted by molar-refractivity contribution is 0.144. The van der Waals surface area contributed by atoms with Gasteiger partial charge >= 0.3 is 0 Å². The van der Waals surface area contributed by atoms with E-state index in [0.717, 1.165) is 6.07 Å². The van der Waals surface area contributed by atoms with Gasteiger partial charge in [0.1, 0.15) is 5.69 Å². The standard InChI is InChI=1S/C6H4BrF2IN2O2S/c7-4-2(10)1-3(15(11,13)14)12-5(4)6(8)9/h1,6H,(H2,11,13,14). The number of primary sulfonamides is 1. The van der Waals surface area contributed by atoms with Crippen LogP contribution in [0, 0.1) is 3.57 Å². The van der Waals surface area contributed by atoms with Gasteiger partial charge in [-0.2, -0.15) is 0 Å². The molecule has 0 aliphatic heterocycles. The van der Waals surface area contributed by atoms with Crippen molar-refractivity contribution in [2.75, 3.05) is 0 Å². The molecule has 84 valence electrons. The van der Waals surface area contributed by atoms with Gasteiger partial charge in [-0.25, -0.2) is 27.3 Å². The van der Waals surface area contributed by atoms with Crippen LogP contribution in [0.4, 0.5) is 8.78 Å². The number of pyridine rings is 1. The summed E-state index contributed by atoms with van der Waals surface area (Å²) in [6.07, 6.45) is -2.87. The normalized spacial score (nSPS) is 12.1. The van der Waals surface area contributed by atoms with Crippen LogP contribution in [0.1, 0.15) is 12.1 Å². The molecule has 0 unspecified atom stereocenters. The predicted octanol–water partition coefficient (Wildman–Crippen LogP) is 2.03. The minimum Gasteiger partial charge on any atom is -0.233 e. The predicted molar refractivity (Wildman–Crippen MR) is 61.0 cm³/mol. The van der Waals surface area contributed by atoms with Crippen LogP contribution in [0.15, 0.2) is 15.6 Å². The van der Waals surface area contributed by atoms with Crippen LogP contribution < -0.4 is 5.14 Å². The van der Waals surface area contributed by atoms with E-state index in [4.69, 9.17) is 5.14 Å². The fraction of sp³-hybridized carbons (Fsp3) is 0.167. The Hall–Kier alpha value is 0.130. The quantitative estimate of drug-likeness (QED) is 0.755. The molecule has 0 aliphatic carbocycles. The molecule has 0 aromatic carbocycles. The van der Waals surface area contributed by atoms with Gasteiger partial charge in [-0.05, 0) is 44.6 Å². The van der Waals surface area contributed by atoms with Gasteiger partial charge in [0.05, 0.1) is 4.47 Å². The van der Waals surface area contributed by atoms with Gasteiger partial charge in [0.25, 0.3) is 16.4 Å². The third kappa shape index (κ3) is 3.04. The summed E-state index contributed by atoms with van der Waals surface area (Å²) >= 11 is 4.60. The Morgan fingerprint density at radius 3 is 2.47 bits per heavy atom. The summed E-state index contributed by atoms with van der Waals surface area (Å²) < 4.78 is 47.1. The molecule has 15 heavy (non-hydrogen) atoms. The van der Waals surface area contributed by atoms with E-state index in [0.29, 0.717) is 3.57 Å². The first kappa shape index (κ1) is 13.2. The molecule has 0 atom stereocenters. The van der Waals surface area contributed by atoms with E-state index in [9.17, 15) is 17.2 Å². The van der Waals surface area contributed by atoms with Crippen LogP contribution in [0.2, 0.25) is 0 Å². The molecular weight excluding hydrogens is 409 g/mol. The number of rotatable bonds is 2. The monoisotopic (exact) mass is 412 g/mol. The van der Waals surface area contributed by atoms with Gasteiger partial charge in [0.15, 0.2) is 5.03 Å². The molecule has 1 rings (SSSR count). The zero-order chi connectivity index (χ0) is 11.8. The Labute approximate surface area is 107 Å². The smallest absolute Gasteiger partial charge is 0.233 e. The molecule has 0 fully saturated rings. The summed E-state index contributed by atoms with van der Waals surface area (Å²) in [6.45, 7) is 0. The summed E-state index contributed by atoms with van der Waals surface area (Å²) in [6, 6.07) is 1.12. The van der Waals surface area contributed by atoms with E-state index in [1.165, 1.54) is 0 Å². The highest BCUT2D eigenvalue weighted by atomic mass is 127. The Morgan fingerprint density at radius 1 is 1.53 bits per heavy atom. The van der Waals surface area contributed by atoms with Crippen molar-refractivity contribution in [3.63, 3.8) is 0 Å². The van der Waals surface area contributed by atoms with Crippen molar-refractivity contribution in [1.29, 1.82) is 0 Å². The average molecular weight is 413 g/mol. The minimum absolute atomic E-state index is 0.0745. The lowest BCUT2D eigenvalue weighted by atomic mass is 10.4. The maximum absolute atomic E-state index is 12.4. The SMILES string of the molecule is NS(=O)(=O)c1cc(I)c(Br)c(C(F)F)n1. The summed E-state index contributed by atoms with van der Waals surface area (Å²) in [5.41, 5.74) is -0.633. The molecule has 0 bridgehead atoms. The van der Waals surface area contributed by atoms with Gasteiger partial charge in [-0.1, -0.05) is 0 Å². The third-order valence-corrected chi connectivity index (χ3v) is 4.63. The first-order chi connectivity index (χ1) is 6.73. The fourth-order valence-corrected chi connectivity index (χ4v) is 2.45. The number of nitrogens with two attached hydrogens (primary N) is 1. The highest BCUT2D eigenvalue weighted by Gasteiger charge is 2.21. The molecular formula is C6H4BrF2IN2O2S. The van der Waals surface area contributed by atoms with E-state index in [1.54, 1.807) is 22.6 Å². The molecule has 0 amide bonds. The number of alkyl halides is 2. The first-order valence-electron chi connectivity index (χ1n) is 3.40. The number of nitrogens with zero attached hydrogens (tertiary/aromatic N) is 1. The zero-order valence-corrected chi connectivity index (χ0v) is 11.5. The summed E-state index contributed by atoms with van der Waals surface area (Å²) in [7, 11) is -4.07. The van der Waals surface area contributed by atoms with Crippen molar-refractivity contribution < 1.29 is 17.2 Å². The third-order valence-electron chi connectivity index (χ3n) is 1.41. The molecule has 0 aliphatic rings. The first-order valence-corrected chi connectivity index (χ1v) is 6.82. The minimum atomic E-state index is -4.07. The Kier molecular flexibility index (Phi) is 4.01. The number of hydrogen-bond acceptors (Lipinski definition) is 3. The Bertz CT molecular complexity index is 494. The lowest BCUT2D eigenvalue weighted by Crippen LogP contribution is -2.15. The van der Waals surface area contributed by atoms with Crippen molar-refractivity contribution in [3.05, 3.63) is 19.8 Å². The highest BCUT2D eigenvalue weighted by molar-refractivity contribution is 14.1. The van der Waals surface area contributed by atoms with Gasteiger partial charge in [0, 0.05) is 3.57 Å². The fourth-order valence-electron chi connectivity index (χ4n) is 0.785. The Morgan fingerprint density at radius 2 is 2.07 bits per heavy atom. The van der Waals surface area contributed by atoms with Crippen LogP contribution >= 0.6 is 38.5 Å². The maximum Gasteiger partial charge on any atom is 0.281 e. The van der Waals surface area contributed by atoms with E-state index in [-0.39, 0.29) is 4.47 Å². The van der Waals surface area contributed by atoms with E-state index < -0.39 is 27.2 Å². The number of aromatic nitrogens is 1. The summed E-state index contributed by atoms with van der Waals surface area (Å²) in [5.74, 6) is 0. The molecule has 0 spiro atoms. The second-order valence-electron chi connectivity index (χ2n) is 2.49. The number of halogens is 4. The van der Waals surface area contributed by atoms with E-state index >= 15 is 0 Å². The van der Waals surface area contributed by atoms with Crippen molar-refractivity contribution in [1.82, 2.24) is 4.98 Å². The molecule has 1 aromatic rings. The lowest BCUT2D eigenvalue weighted by Gasteiger charge is -2.06. The van der Waals surface area contributed by atoms with Crippen molar-refractivity contribution in [2.24, 2.45) is 5.14 Å². The van der Waals surface area contributed by atoms with Crippen molar-refractivity contribution in [2.45, 2.75) is 11.5 Å². The van der Waals surface area contributed by atoms with Gasteiger partial charge in [-0.3, -0.25) is 0 Å². The largest absolute Gasteiger partial charge is 0.281 e. The topological polar surface area (TPSA) is 73.1 Å². The van der Waals surface area contributed by atoms with Crippen LogP contribution in [0.5, 0.6) is 0 Å². The molecule has 0 saturated carbocycles. The van der Waals surface area contributed by atoms with E-state index in [2.05, 4.69) is 20.9 Å².